The van der Waals surface area contributed by atoms with Gasteiger partial charge in [0.15, 0.2) is 10.8 Å². The molecule has 2 N–H and O–H groups in total. The Bertz CT molecular complexity index is 1380. The molecule has 1 saturated carbocycles. The first kappa shape index (κ1) is 17.0. The van der Waals surface area contributed by atoms with Gasteiger partial charge < -0.3 is 10.6 Å². The van der Waals surface area contributed by atoms with Crippen molar-refractivity contribution in [2.75, 3.05) is 9.80 Å². The lowest BCUT2D eigenvalue weighted by Gasteiger charge is -2.43. The molecule has 12 heteroatoms. The highest BCUT2D eigenvalue weighted by Crippen LogP contribution is 2.48. The molecule has 0 atom stereocenters. The molecule has 1 aliphatic carbocycles. The average molecular weight is 467 g/mol. The number of primary amides is 1. The lowest BCUT2D eigenvalue weighted by atomic mass is 9.75. The predicted molar refractivity (Wildman–Crippen MR) is 108 cm³/mol. The molecule has 2 heterocycles. The fourth-order valence-electron chi connectivity index (χ4n) is 3.41. The van der Waals surface area contributed by atoms with E-state index >= 15 is 0 Å². The summed E-state index contributed by atoms with van der Waals surface area (Å²) in [6, 6.07) is 4.36. The van der Waals surface area contributed by atoms with Crippen molar-refractivity contribution in [3.05, 3.63) is 53.1 Å². The van der Waals surface area contributed by atoms with Gasteiger partial charge in [-0.05, 0) is 55.7 Å². The van der Waals surface area contributed by atoms with Crippen LogP contribution in [-0.2, 0) is 11.0 Å². The van der Waals surface area contributed by atoms with Crippen LogP contribution in [0.2, 0.25) is 0 Å². The van der Waals surface area contributed by atoms with Crippen molar-refractivity contribution in [1.82, 2.24) is 4.98 Å². The van der Waals surface area contributed by atoms with E-state index in [-0.39, 0.29) is 5.69 Å². The number of halogens is 4. The highest BCUT2D eigenvalue weighted by atomic mass is 32.1. The molecule has 7 nitrogen and oxygen atoms in total. The van der Waals surface area contributed by atoms with E-state index in [9.17, 15) is 27.2 Å². The van der Waals surface area contributed by atoms with Crippen LogP contribution in [0.4, 0.5) is 28.9 Å². The van der Waals surface area contributed by atoms with E-state index in [0.717, 1.165) is 18.3 Å². The van der Waals surface area contributed by atoms with E-state index in [2.05, 4.69) is 4.98 Å². The summed E-state index contributed by atoms with van der Waals surface area (Å²) in [5.74, 6) is -3.66. The van der Waals surface area contributed by atoms with Crippen LogP contribution in [0.3, 0.4) is 0 Å². The normalized spacial score (nSPS) is 22.5. The molecule has 4 rings (SSSR count). The first-order valence-corrected chi connectivity index (χ1v) is 9.17. The van der Waals surface area contributed by atoms with Gasteiger partial charge in [0.1, 0.15) is 17.4 Å². The fourth-order valence-corrected chi connectivity index (χ4v) is 3.84. The Morgan fingerprint density at radius 3 is 2.53 bits per heavy atom. The van der Waals surface area contributed by atoms with E-state index in [0.29, 0.717) is 21.9 Å². The molecule has 1 aromatic heterocycles. The number of thiocarbonyl (C=S) groups is 1. The number of nitriles is 1. The molecule has 2 amide bonds. The van der Waals surface area contributed by atoms with Gasteiger partial charge in [0.25, 0.3) is 11.8 Å². The summed E-state index contributed by atoms with van der Waals surface area (Å²) in [5.41, 5.74) is -1.63. The number of carbonyl (C=O) groups is 2. The zero-order valence-corrected chi connectivity index (χ0v) is 16.5. The van der Waals surface area contributed by atoms with Crippen LogP contribution in [-0.4, -0.2) is 27.4 Å². The molecule has 1 spiro atoms. The number of benzene rings is 1. The molecule has 0 radical (unpaired) electrons. The van der Waals surface area contributed by atoms with Crippen LogP contribution >= 0.6 is 12.2 Å². The highest BCUT2D eigenvalue weighted by molar-refractivity contribution is 7.81. The largest absolute Gasteiger partial charge is 0.419 e. The number of alkyl halides is 3. The minimum absolute atomic E-state index is 0.344. The Morgan fingerprint density at radius 2 is 2.00 bits per heavy atom. The number of carbonyl (C=O) groups excluding carboxylic acids is 2. The molecule has 0 unspecified atom stereocenters. The number of aromatic nitrogens is 1. The molecule has 2 fully saturated rings. The van der Waals surface area contributed by atoms with Crippen LogP contribution in [0, 0.1) is 17.1 Å². The number of anilines is 2. The molecule has 0 bridgehead atoms. The third-order valence-corrected chi connectivity index (χ3v) is 5.30. The van der Waals surface area contributed by atoms with Crippen molar-refractivity contribution in [2.45, 2.75) is 30.9 Å². The van der Waals surface area contributed by atoms with Gasteiger partial charge >= 0.3 is 6.18 Å². The number of nitrogens with two attached hydrogens (primary N) is 1. The molecule has 1 saturated heterocycles. The second-order valence-corrected chi connectivity index (χ2v) is 7.09. The summed E-state index contributed by atoms with van der Waals surface area (Å²) >= 11 is 5.29. The van der Waals surface area contributed by atoms with Gasteiger partial charge in [0.2, 0.25) is 0 Å². The minimum Gasteiger partial charge on any atom is -0.366 e. The van der Waals surface area contributed by atoms with Crippen LogP contribution < -0.4 is 15.5 Å². The Hall–Kier alpha value is -3.59. The lowest BCUT2D eigenvalue weighted by Crippen LogP contribution is -2.55. The Balaban J connectivity index is 1.96. The standard InChI is InChI=1S/C20H13F4N5O2S/c21-14-7-10(2-3-12(14)16(26)30)29-18(32)28(17(31)19(29)4-1-5-19)11-6-13(20(22,23)24)15(8-25)27-9-11/h2-3,6-7,9H,1,4-5H2,(H2,26,30)/i4D2,5D2. The molecule has 32 heavy (non-hydrogen) atoms. The van der Waals surface area contributed by atoms with Gasteiger partial charge in [0, 0.05) is 11.2 Å². The Kier molecular flexibility index (Phi) is 3.85. The fraction of sp³-hybridized carbons (Fsp3) is 0.250. The molecule has 164 valence electrons. The lowest BCUT2D eigenvalue weighted by molar-refractivity contribution is -0.138. The maximum absolute atomic E-state index is 14.6. The second kappa shape index (κ2) is 7.23. The van der Waals surface area contributed by atoms with E-state index in [1.54, 1.807) is 0 Å². The first-order chi connectivity index (χ1) is 16.5. The van der Waals surface area contributed by atoms with E-state index in [4.69, 9.17) is 28.7 Å². The van der Waals surface area contributed by atoms with Crippen LogP contribution in [0.5, 0.6) is 0 Å². The third kappa shape index (κ3) is 3.08. The smallest absolute Gasteiger partial charge is 0.366 e. The monoisotopic (exact) mass is 467 g/mol. The number of hydrogen-bond donors (Lipinski definition) is 1. The summed E-state index contributed by atoms with van der Waals surface area (Å²) in [6.07, 6.45) is -10.3. The third-order valence-electron chi connectivity index (χ3n) is 4.94. The second-order valence-electron chi connectivity index (χ2n) is 6.73. The van der Waals surface area contributed by atoms with E-state index in [1.807, 2.05) is 0 Å². The zero-order chi connectivity index (χ0) is 27.0. The highest BCUT2D eigenvalue weighted by Gasteiger charge is 2.59. The molecule has 2 aliphatic rings. The topological polar surface area (TPSA) is 103 Å². The SMILES string of the molecule is [2H]C1([2H])CC([2H])([2H])C12C(=O)N(c1cnc(C#N)c(C(F)(F)F)c1)C(=S)N2c1ccc(C(N)=O)c(F)c1. The number of amides is 2. The minimum atomic E-state index is -5.05. The van der Waals surface area contributed by atoms with E-state index < -0.39 is 76.1 Å². The van der Waals surface area contributed by atoms with Crippen molar-refractivity contribution in [3.8, 4) is 6.07 Å². The number of nitrogens with zero attached hydrogens (tertiary/aromatic N) is 4. The maximum Gasteiger partial charge on any atom is 0.419 e. The van der Waals surface area contributed by atoms with Gasteiger partial charge in [-0.1, -0.05) is 0 Å². The Labute approximate surface area is 189 Å². The number of rotatable bonds is 3. The van der Waals surface area contributed by atoms with Crippen LogP contribution in [0.25, 0.3) is 0 Å². The van der Waals surface area contributed by atoms with Crippen LogP contribution in [0.1, 0.15) is 46.3 Å². The van der Waals surface area contributed by atoms with Gasteiger partial charge in [-0.15, -0.1) is 0 Å². The number of pyridine rings is 1. The van der Waals surface area contributed by atoms with Crippen molar-refractivity contribution in [3.63, 3.8) is 0 Å². The summed E-state index contributed by atoms with van der Waals surface area (Å²) in [6.45, 7) is 0. The van der Waals surface area contributed by atoms with Gasteiger partial charge in [-0.2, -0.15) is 18.4 Å². The summed E-state index contributed by atoms with van der Waals surface area (Å²) in [4.78, 5) is 29.7. The summed E-state index contributed by atoms with van der Waals surface area (Å²) in [5, 5.41) is 8.32. The summed E-state index contributed by atoms with van der Waals surface area (Å²) < 4.78 is 88.6. The molecule has 1 aromatic carbocycles. The van der Waals surface area contributed by atoms with Gasteiger partial charge in [-0.3, -0.25) is 14.5 Å². The maximum atomic E-state index is 14.6. The van der Waals surface area contributed by atoms with Crippen molar-refractivity contribution in [1.29, 1.82) is 5.26 Å². The van der Waals surface area contributed by atoms with Crippen molar-refractivity contribution >= 4 is 40.5 Å². The average Bonchev–Trinajstić information content (AvgIpc) is 3.01. The quantitative estimate of drug-likeness (QED) is 0.549. The predicted octanol–water partition coefficient (Wildman–Crippen LogP) is 3.27. The summed E-state index contributed by atoms with van der Waals surface area (Å²) in [7, 11) is 0. The van der Waals surface area contributed by atoms with Gasteiger partial charge in [0.05, 0.1) is 23.0 Å². The van der Waals surface area contributed by atoms with Gasteiger partial charge in [-0.25, -0.2) is 9.37 Å². The molecule has 1 aliphatic heterocycles. The number of hydrogen-bond acceptors (Lipinski definition) is 5. The molecule has 2 aromatic rings. The molecular formula is C20H13F4N5O2S. The van der Waals surface area contributed by atoms with Crippen molar-refractivity contribution in [2.24, 2.45) is 5.73 Å². The van der Waals surface area contributed by atoms with Crippen LogP contribution in [0.15, 0.2) is 30.5 Å². The zero-order valence-electron chi connectivity index (χ0n) is 19.7. The molecular weight excluding hydrogens is 450 g/mol. The van der Waals surface area contributed by atoms with Crippen molar-refractivity contribution < 1.29 is 32.6 Å². The first-order valence-electron chi connectivity index (χ1n) is 10.8. The van der Waals surface area contributed by atoms with E-state index in [1.165, 1.54) is 6.07 Å². The Morgan fingerprint density at radius 1 is 1.31 bits per heavy atom.